The second-order valence-corrected chi connectivity index (χ2v) is 12.0. The van der Waals surface area contributed by atoms with E-state index in [1.54, 1.807) is 0 Å². The van der Waals surface area contributed by atoms with Crippen LogP contribution in [-0.2, 0) is 6.42 Å². The molecule has 0 aliphatic heterocycles. The van der Waals surface area contributed by atoms with Crippen LogP contribution in [0.1, 0.15) is 44.4 Å². The molecule has 0 saturated carbocycles. The smallest absolute Gasteiger partial charge is 0.0622 e. The molecule has 7 aromatic rings. The van der Waals surface area contributed by atoms with Crippen molar-refractivity contribution in [2.45, 2.75) is 34.1 Å². The van der Waals surface area contributed by atoms with Crippen LogP contribution in [-0.4, -0.2) is 16.7 Å². The van der Waals surface area contributed by atoms with E-state index in [9.17, 15) is 0 Å². The van der Waals surface area contributed by atoms with E-state index in [1.807, 2.05) is 106 Å². The monoisotopic (exact) mass is 691 g/mol. The first-order valence-electron chi connectivity index (χ1n) is 18.0. The zero-order valence-corrected chi connectivity index (χ0v) is 31.4. The quantitative estimate of drug-likeness (QED) is 0.149. The van der Waals surface area contributed by atoms with Crippen molar-refractivity contribution >= 4 is 18.0 Å². The zero-order chi connectivity index (χ0) is 37.8. The van der Waals surface area contributed by atoms with Gasteiger partial charge in [0.15, 0.2) is 0 Å². The average molecular weight is 692 g/mol. The molecule has 0 amide bonds. The van der Waals surface area contributed by atoms with E-state index in [-0.39, 0.29) is 0 Å². The fourth-order valence-corrected chi connectivity index (χ4v) is 5.50. The van der Waals surface area contributed by atoms with Gasteiger partial charge >= 0.3 is 0 Å². The molecular formula is C50H49N3. The molecular weight excluding hydrogens is 643 g/mol. The number of benzene rings is 5. The van der Waals surface area contributed by atoms with Gasteiger partial charge < -0.3 is 0 Å². The Hall–Kier alpha value is -6.45. The minimum atomic E-state index is 0.723. The summed E-state index contributed by atoms with van der Waals surface area (Å²) in [6.45, 7) is 19.1. The summed E-state index contributed by atoms with van der Waals surface area (Å²) < 4.78 is 0. The number of pyridine rings is 2. The van der Waals surface area contributed by atoms with Gasteiger partial charge in [0.05, 0.1) is 5.70 Å². The van der Waals surface area contributed by atoms with Crippen molar-refractivity contribution in [3.8, 4) is 44.5 Å². The van der Waals surface area contributed by atoms with Crippen LogP contribution in [0.15, 0.2) is 195 Å². The molecule has 0 fully saturated rings. The second kappa shape index (κ2) is 21.0. The molecule has 2 aromatic heterocycles. The van der Waals surface area contributed by atoms with Crippen LogP contribution in [0.5, 0.6) is 0 Å². The van der Waals surface area contributed by atoms with Crippen molar-refractivity contribution in [1.82, 2.24) is 9.97 Å². The molecule has 0 atom stereocenters. The maximum atomic E-state index is 4.33. The number of rotatable bonds is 8. The third-order valence-corrected chi connectivity index (χ3v) is 8.33. The Labute approximate surface area is 316 Å². The van der Waals surface area contributed by atoms with Crippen molar-refractivity contribution in [1.29, 1.82) is 0 Å². The Morgan fingerprint density at radius 1 is 0.491 bits per heavy atom. The molecule has 0 aliphatic rings. The average Bonchev–Trinajstić information content (AvgIpc) is 3.25. The molecule has 264 valence electrons. The first-order chi connectivity index (χ1) is 25.9. The second-order valence-electron chi connectivity index (χ2n) is 12.0. The summed E-state index contributed by atoms with van der Waals surface area (Å²) in [5.41, 5.74) is 14.8. The van der Waals surface area contributed by atoms with Crippen LogP contribution in [0.4, 0.5) is 0 Å². The molecule has 0 bridgehead atoms. The molecule has 0 unspecified atom stereocenters. The highest BCUT2D eigenvalue weighted by Gasteiger charge is 2.10. The van der Waals surface area contributed by atoms with Crippen molar-refractivity contribution in [3.05, 3.63) is 206 Å². The van der Waals surface area contributed by atoms with E-state index in [0.29, 0.717) is 0 Å². The molecule has 7 rings (SSSR count). The molecule has 0 N–H and O–H groups in total. The predicted molar refractivity (Wildman–Crippen MR) is 231 cm³/mol. The molecule has 0 saturated heterocycles. The van der Waals surface area contributed by atoms with Crippen LogP contribution in [0.2, 0.25) is 0 Å². The number of allylic oxidation sites excluding steroid dienone is 1. The highest BCUT2D eigenvalue weighted by molar-refractivity contribution is 5.83. The third kappa shape index (κ3) is 11.8. The van der Waals surface area contributed by atoms with E-state index in [2.05, 4.69) is 133 Å². The third-order valence-electron chi connectivity index (χ3n) is 8.33. The van der Waals surface area contributed by atoms with Crippen LogP contribution >= 0.6 is 0 Å². The molecule has 0 radical (unpaired) electrons. The maximum absolute atomic E-state index is 4.33. The lowest BCUT2D eigenvalue weighted by Gasteiger charge is -2.13. The minimum absolute atomic E-state index is 0.723. The van der Waals surface area contributed by atoms with Crippen molar-refractivity contribution in [2.75, 3.05) is 0 Å². The van der Waals surface area contributed by atoms with Gasteiger partial charge in [0.1, 0.15) is 0 Å². The van der Waals surface area contributed by atoms with Gasteiger partial charge in [-0.1, -0.05) is 155 Å². The highest BCUT2D eigenvalue weighted by Crippen LogP contribution is 2.35. The van der Waals surface area contributed by atoms with E-state index in [0.717, 1.165) is 45.5 Å². The summed E-state index contributed by atoms with van der Waals surface area (Å²) in [6, 6.07) is 52.4. The van der Waals surface area contributed by atoms with Crippen molar-refractivity contribution < 1.29 is 0 Å². The molecule has 2 heterocycles. The lowest BCUT2D eigenvalue weighted by Crippen LogP contribution is -1.90. The fourth-order valence-electron chi connectivity index (χ4n) is 5.50. The topological polar surface area (TPSA) is 38.1 Å². The van der Waals surface area contributed by atoms with E-state index >= 15 is 0 Å². The first kappa shape index (κ1) is 39.3. The van der Waals surface area contributed by atoms with Gasteiger partial charge in [-0.05, 0) is 107 Å². The van der Waals surface area contributed by atoms with Crippen molar-refractivity contribution in [3.63, 3.8) is 0 Å². The number of aliphatic imine (C=N–C) groups is 1. The summed E-state index contributed by atoms with van der Waals surface area (Å²) in [6.07, 6.45) is 8.46. The highest BCUT2D eigenvalue weighted by atomic mass is 14.7. The molecule has 3 heteroatoms. The van der Waals surface area contributed by atoms with Crippen LogP contribution < -0.4 is 0 Å². The first-order valence-corrected chi connectivity index (χ1v) is 18.0. The molecule has 0 aliphatic carbocycles. The Bertz CT molecular complexity index is 2100. The summed E-state index contributed by atoms with van der Waals surface area (Å²) in [4.78, 5) is 12.4. The van der Waals surface area contributed by atoms with Crippen LogP contribution in [0, 0.1) is 0 Å². The van der Waals surface area contributed by atoms with Gasteiger partial charge in [0.2, 0.25) is 0 Å². The zero-order valence-electron chi connectivity index (χ0n) is 31.4. The van der Waals surface area contributed by atoms with Gasteiger partial charge in [-0.2, -0.15) is 0 Å². The number of hydrogen-bond acceptors (Lipinski definition) is 3. The molecule has 3 nitrogen and oxygen atoms in total. The molecule has 5 aromatic carbocycles. The minimum Gasteiger partial charge on any atom is -0.265 e. The van der Waals surface area contributed by atoms with Crippen LogP contribution in [0.25, 0.3) is 55.8 Å². The number of aromatic nitrogens is 2. The molecule has 0 spiro atoms. The van der Waals surface area contributed by atoms with Crippen LogP contribution in [0.3, 0.4) is 0 Å². The standard InChI is InChI=1S/C30H24N2.C9H9N.C9H10.C2H6/c1-2-22-14-26(23-8-4-3-5-9-23)16-27(15-22)30-18-28(24-10-6-12-31-20-24)17-29(19-30)25-11-7-13-32-21-25;1-8(10-2)9-6-4-3-5-7-9;1-8(2)9-6-4-3-5-7-9;1-2/h3-21H,2H2,1H3;3-7H,1-2H2;3-7H,1H2,2H3;1-2H3. The maximum Gasteiger partial charge on any atom is 0.0622 e. The lowest BCUT2D eigenvalue weighted by atomic mass is 9.91. The Balaban J connectivity index is 0.000000243. The summed E-state index contributed by atoms with van der Waals surface area (Å²) in [5, 5.41) is 0. The SMILES string of the molecule is C=C(C)c1ccccc1.C=NC(=C)c1ccccc1.CC.CCc1cc(-c2ccccc2)cc(-c2cc(-c3cccnc3)cc(-c3cccnc3)c2)c1. The fraction of sp³-hybridized carbons (Fsp3) is 0.100. The van der Waals surface area contributed by atoms with Gasteiger partial charge in [0, 0.05) is 35.9 Å². The van der Waals surface area contributed by atoms with E-state index in [1.165, 1.54) is 33.4 Å². The normalized spacial score (nSPS) is 9.81. The number of hydrogen-bond donors (Lipinski definition) is 0. The number of aryl methyl sites for hydroxylation is 1. The lowest BCUT2D eigenvalue weighted by molar-refractivity contribution is 1.14. The van der Waals surface area contributed by atoms with Crippen molar-refractivity contribution in [2.24, 2.45) is 4.99 Å². The predicted octanol–water partition coefficient (Wildman–Crippen LogP) is 13.8. The summed E-state index contributed by atoms with van der Waals surface area (Å²) >= 11 is 0. The largest absolute Gasteiger partial charge is 0.265 e. The van der Waals surface area contributed by atoms with Gasteiger partial charge in [-0.25, -0.2) is 0 Å². The Kier molecular flexibility index (Phi) is 15.6. The van der Waals surface area contributed by atoms with Gasteiger partial charge in [0.25, 0.3) is 0 Å². The van der Waals surface area contributed by atoms with E-state index in [4.69, 9.17) is 0 Å². The number of nitrogens with zero attached hydrogens (tertiary/aromatic N) is 3. The summed E-state index contributed by atoms with van der Waals surface area (Å²) in [7, 11) is 0. The Morgan fingerprint density at radius 3 is 1.25 bits per heavy atom. The Morgan fingerprint density at radius 2 is 0.868 bits per heavy atom. The molecule has 53 heavy (non-hydrogen) atoms. The summed E-state index contributed by atoms with van der Waals surface area (Å²) in [5.74, 6) is 0. The van der Waals surface area contributed by atoms with E-state index < -0.39 is 0 Å². The van der Waals surface area contributed by atoms with Gasteiger partial charge in [-0.15, -0.1) is 0 Å². The van der Waals surface area contributed by atoms with Gasteiger partial charge in [-0.3, -0.25) is 15.0 Å².